The van der Waals surface area contributed by atoms with E-state index in [1.54, 1.807) is 6.07 Å². The molecule has 0 spiro atoms. The molecule has 4 unspecified atom stereocenters. The van der Waals surface area contributed by atoms with E-state index in [-0.39, 0.29) is 41.5 Å². The molecule has 8 heteroatoms. The number of carbonyl (C=O) groups excluding carboxylic acids is 1. The highest BCUT2D eigenvalue weighted by Gasteiger charge is 2.76. The average Bonchev–Trinajstić information content (AvgIpc) is 3.59. The fraction of sp³-hybridized carbons (Fsp3) is 0.633. The van der Waals surface area contributed by atoms with Gasteiger partial charge in [0.25, 0.3) is 5.91 Å². The van der Waals surface area contributed by atoms with Gasteiger partial charge < -0.3 is 19.6 Å². The van der Waals surface area contributed by atoms with E-state index >= 15 is 0 Å². The topological polar surface area (TPSA) is 102 Å². The van der Waals surface area contributed by atoms with E-state index in [0.29, 0.717) is 25.3 Å². The van der Waals surface area contributed by atoms with Crippen molar-refractivity contribution in [3.63, 3.8) is 0 Å². The van der Waals surface area contributed by atoms with Crippen LogP contribution in [0.3, 0.4) is 0 Å². The number of aliphatic carboxylic acids is 1. The van der Waals surface area contributed by atoms with Crippen molar-refractivity contribution in [3.05, 3.63) is 53.0 Å². The summed E-state index contributed by atoms with van der Waals surface area (Å²) in [5, 5.41) is 12.2. The molecule has 1 aromatic heterocycles. The summed E-state index contributed by atoms with van der Waals surface area (Å²) in [6.07, 6.45) is 12.9. The monoisotopic (exact) mass is 526 g/mol. The zero-order valence-electron chi connectivity index (χ0n) is 22.3. The van der Waals surface area contributed by atoms with Gasteiger partial charge in [0.05, 0.1) is 17.6 Å². The number of unbranched alkanes of at least 4 members (excludes halogenated alkanes) is 5. The number of benzene rings is 1. The number of rotatable bonds is 14. The molecule has 0 radical (unpaired) electrons. The van der Waals surface area contributed by atoms with Crippen LogP contribution in [-0.4, -0.2) is 40.7 Å². The molecule has 206 valence electrons. The van der Waals surface area contributed by atoms with Crippen molar-refractivity contribution >= 4 is 11.9 Å². The molecule has 2 aromatic rings. The second-order valence-electron chi connectivity index (χ2n) is 11.4. The van der Waals surface area contributed by atoms with E-state index in [0.717, 1.165) is 49.7 Å². The van der Waals surface area contributed by atoms with Crippen molar-refractivity contribution in [3.8, 4) is 0 Å². The van der Waals surface area contributed by atoms with Crippen molar-refractivity contribution in [2.24, 2.45) is 5.41 Å². The lowest BCUT2D eigenvalue weighted by atomic mass is 9.42. The van der Waals surface area contributed by atoms with E-state index in [2.05, 4.69) is 12.2 Å². The Bertz CT molecular complexity index is 1170. The van der Waals surface area contributed by atoms with Gasteiger partial charge in [-0.3, -0.25) is 9.59 Å². The Morgan fingerprint density at radius 1 is 1.11 bits per heavy atom. The molecule has 2 N–H and O–H groups in total. The van der Waals surface area contributed by atoms with Crippen LogP contribution in [0.15, 0.2) is 28.9 Å². The largest absolute Gasteiger partial charge is 0.481 e. The predicted molar refractivity (Wildman–Crippen MR) is 140 cm³/mol. The molecule has 3 aliphatic rings. The molecule has 1 saturated carbocycles. The summed E-state index contributed by atoms with van der Waals surface area (Å²) in [5.41, 5.74) is 1.21. The summed E-state index contributed by atoms with van der Waals surface area (Å²) in [5.74, 6) is -0.879. The van der Waals surface area contributed by atoms with Crippen molar-refractivity contribution in [1.29, 1.82) is 0 Å². The standard InChI is InChI=1S/C30H39FN2O5/c1-2-3-4-5-6-7-16-32-27(36)23-19-37-28(33-23)30-15-14-29(30,24-11-12-25(30)38-24)18-21-17-22(31)10-8-20(21)9-13-26(34)35/h8,10,17,19,24-25H,2-7,9,11-16,18H2,1H3,(H,32,36)(H,34,35). The third-order valence-corrected chi connectivity index (χ3v) is 9.26. The molecule has 38 heavy (non-hydrogen) atoms. The number of amides is 1. The van der Waals surface area contributed by atoms with Gasteiger partial charge in [-0.1, -0.05) is 45.1 Å². The van der Waals surface area contributed by atoms with Gasteiger partial charge in [0.1, 0.15) is 12.1 Å². The maximum atomic E-state index is 14.3. The number of carbonyl (C=O) groups is 2. The number of carboxylic acids is 1. The highest BCUT2D eigenvalue weighted by Crippen LogP contribution is 2.72. The Balaban J connectivity index is 1.32. The van der Waals surface area contributed by atoms with E-state index in [1.165, 1.54) is 44.1 Å². The number of aromatic nitrogens is 1. The molecular formula is C30H39FN2O5. The molecule has 3 heterocycles. The first-order valence-electron chi connectivity index (χ1n) is 14.3. The number of hydrogen-bond donors (Lipinski definition) is 2. The second kappa shape index (κ2) is 11.2. The van der Waals surface area contributed by atoms with Gasteiger partial charge in [-0.05, 0) is 68.2 Å². The van der Waals surface area contributed by atoms with Crippen LogP contribution in [-0.2, 0) is 27.8 Å². The van der Waals surface area contributed by atoms with Gasteiger partial charge in [0.15, 0.2) is 5.69 Å². The number of fused-ring (bicyclic) bond motifs is 5. The lowest BCUT2D eigenvalue weighted by Gasteiger charge is -2.58. The molecule has 3 fully saturated rings. The minimum atomic E-state index is -0.873. The number of halogens is 1. The third kappa shape index (κ3) is 4.76. The summed E-state index contributed by atoms with van der Waals surface area (Å²) in [4.78, 5) is 28.7. The van der Waals surface area contributed by atoms with Crippen molar-refractivity contribution in [2.75, 3.05) is 6.54 Å². The Hall–Kier alpha value is -2.74. The molecule has 5 rings (SSSR count). The second-order valence-corrected chi connectivity index (χ2v) is 11.4. The van der Waals surface area contributed by atoms with Crippen molar-refractivity contribution in [1.82, 2.24) is 10.3 Å². The van der Waals surface area contributed by atoms with Gasteiger partial charge in [-0.2, -0.15) is 0 Å². The maximum absolute atomic E-state index is 14.3. The summed E-state index contributed by atoms with van der Waals surface area (Å²) < 4.78 is 26.8. The maximum Gasteiger partial charge on any atom is 0.303 e. The normalized spacial score (nSPS) is 27.2. The minimum absolute atomic E-state index is 0.00369. The summed E-state index contributed by atoms with van der Waals surface area (Å²) >= 11 is 0. The molecule has 1 amide bonds. The molecular weight excluding hydrogens is 487 g/mol. The summed E-state index contributed by atoms with van der Waals surface area (Å²) in [7, 11) is 0. The van der Waals surface area contributed by atoms with E-state index in [1.807, 2.05) is 0 Å². The quantitative estimate of drug-likeness (QED) is 0.304. The number of nitrogens with zero attached hydrogens (tertiary/aromatic N) is 1. The number of hydrogen-bond acceptors (Lipinski definition) is 5. The SMILES string of the molecule is CCCCCCCCNC(=O)c1coc(C23CCC2(Cc2cc(F)ccc2CCC(=O)O)C2CCC3O2)n1. The lowest BCUT2D eigenvalue weighted by molar-refractivity contribution is -0.136. The van der Waals surface area contributed by atoms with Crippen molar-refractivity contribution < 1.29 is 28.2 Å². The third-order valence-electron chi connectivity index (χ3n) is 9.26. The first-order chi connectivity index (χ1) is 18.4. The van der Waals surface area contributed by atoms with Crippen LogP contribution < -0.4 is 5.32 Å². The summed E-state index contributed by atoms with van der Waals surface area (Å²) in [6, 6.07) is 4.64. The Kier molecular flexibility index (Phi) is 7.89. The molecule has 2 aliphatic heterocycles. The van der Waals surface area contributed by atoms with Gasteiger partial charge in [0.2, 0.25) is 5.89 Å². The summed E-state index contributed by atoms with van der Waals surface area (Å²) in [6.45, 7) is 2.82. The smallest absolute Gasteiger partial charge is 0.303 e. The highest BCUT2D eigenvalue weighted by molar-refractivity contribution is 5.91. The van der Waals surface area contributed by atoms with Crippen molar-refractivity contribution in [2.45, 2.75) is 108 Å². The number of aryl methyl sites for hydroxylation is 1. The number of nitrogens with one attached hydrogen (secondary N) is 1. The van der Waals surface area contributed by atoms with Crippen LogP contribution in [0.25, 0.3) is 0 Å². The van der Waals surface area contributed by atoms with Gasteiger partial charge in [0, 0.05) is 18.4 Å². The van der Waals surface area contributed by atoms with E-state index in [4.69, 9.17) is 14.1 Å². The molecule has 2 saturated heterocycles. The molecule has 2 bridgehead atoms. The number of carboxylic acid groups (broad SMARTS) is 1. The van der Waals surface area contributed by atoms with Crippen LogP contribution in [0, 0.1) is 11.2 Å². The van der Waals surface area contributed by atoms with E-state index < -0.39 is 11.4 Å². The van der Waals surface area contributed by atoms with Crippen LogP contribution >= 0.6 is 0 Å². The Morgan fingerprint density at radius 2 is 1.89 bits per heavy atom. The molecule has 1 aromatic carbocycles. The van der Waals surface area contributed by atoms with Crippen LogP contribution in [0.4, 0.5) is 4.39 Å². The van der Waals surface area contributed by atoms with Gasteiger partial charge in [-0.15, -0.1) is 0 Å². The molecule has 1 aliphatic carbocycles. The Labute approximate surface area is 223 Å². The predicted octanol–water partition coefficient (Wildman–Crippen LogP) is 5.74. The fourth-order valence-corrected chi connectivity index (χ4v) is 7.23. The first kappa shape index (κ1) is 26.9. The minimum Gasteiger partial charge on any atom is -0.481 e. The van der Waals surface area contributed by atoms with E-state index in [9.17, 15) is 19.1 Å². The number of oxazole rings is 1. The highest BCUT2D eigenvalue weighted by atomic mass is 19.1. The zero-order chi connectivity index (χ0) is 26.8. The van der Waals surface area contributed by atoms with Crippen LogP contribution in [0.5, 0.6) is 0 Å². The fourth-order valence-electron chi connectivity index (χ4n) is 7.23. The average molecular weight is 527 g/mol. The zero-order valence-corrected chi connectivity index (χ0v) is 22.3. The number of ether oxygens (including phenoxy) is 1. The van der Waals surface area contributed by atoms with Gasteiger partial charge >= 0.3 is 5.97 Å². The first-order valence-corrected chi connectivity index (χ1v) is 14.3. The molecule has 7 nitrogen and oxygen atoms in total. The van der Waals surface area contributed by atoms with Crippen LogP contribution in [0.1, 0.15) is 105 Å². The Morgan fingerprint density at radius 3 is 2.66 bits per heavy atom. The lowest BCUT2D eigenvalue weighted by Crippen LogP contribution is -2.62. The molecule has 4 atom stereocenters. The van der Waals surface area contributed by atoms with Crippen LogP contribution in [0.2, 0.25) is 0 Å². The van der Waals surface area contributed by atoms with Gasteiger partial charge in [-0.25, -0.2) is 9.37 Å².